The van der Waals surface area contributed by atoms with Crippen LogP contribution in [0.5, 0.6) is 11.5 Å². The van der Waals surface area contributed by atoms with Gasteiger partial charge >= 0.3 is 0 Å². The van der Waals surface area contributed by atoms with Gasteiger partial charge in [0.25, 0.3) is 0 Å². The van der Waals surface area contributed by atoms with Gasteiger partial charge in [0.2, 0.25) is 0 Å². The molecule has 1 aromatic rings. The number of hydrogen-bond donors (Lipinski definition) is 3. The highest BCUT2D eigenvalue weighted by Gasteiger charge is 2.18. The summed E-state index contributed by atoms with van der Waals surface area (Å²) >= 11 is 3.46. The van der Waals surface area contributed by atoms with Crippen molar-refractivity contribution in [3.63, 3.8) is 0 Å². The normalized spacial score (nSPS) is 14.0. The van der Waals surface area contributed by atoms with Crippen LogP contribution in [-0.2, 0) is 0 Å². The predicted molar refractivity (Wildman–Crippen MR) is 87.7 cm³/mol. The molecule has 1 aromatic carbocycles. The van der Waals surface area contributed by atoms with E-state index in [1.54, 1.807) is 6.92 Å². The molecule has 0 saturated heterocycles. The van der Waals surface area contributed by atoms with Crippen LogP contribution in [0.15, 0.2) is 22.7 Å². The Balaban J connectivity index is 2.69. The fourth-order valence-electron chi connectivity index (χ4n) is 1.68. The van der Waals surface area contributed by atoms with E-state index in [-0.39, 0.29) is 6.04 Å². The van der Waals surface area contributed by atoms with E-state index >= 15 is 0 Å². The Labute approximate surface area is 134 Å². The first-order valence-electron chi connectivity index (χ1n) is 7.17. The molecule has 4 N–H and O–H groups in total. The lowest BCUT2D eigenvalue weighted by Gasteiger charge is -2.25. The largest absolute Gasteiger partial charge is 0.494 e. The Morgan fingerprint density at radius 2 is 2.05 bits per heavy atom. The van der Waals surface area contributed by atoms with Crippen molar-refractivity contribution < 1.29 is 14.6 Å². The van der Waals surface area contributed by atoms with Crippen LogP contribution in [0.25, 0.3) is 0 Å². The Kier molecular flexibility index (Phi) is 8.03. The summed E-state index contributed by atoms with van der Waals surface area (Å²) in [6, 6.07) is 5.72. The van der Waals surface area contributed by atoms with Gasteiger partial charge in [-0.3, -0.25) is 5.32 Å². The predicted octanol–water partition coefficient (Wildman–Crippen LogP) is 2.26. The van der Waals surface area contributed by atoms with Gasteiger partial charge in [0.05, 0.1) is 11.1 Å². The molecule has 0 aliphatic heterocycles. The van der Waals surface area contributed by atoms with Crippen LogP contribution in [0.1, 0.15) is 27.2 Å². The van der Waals surface area contributed by atoms with Crippen molar-refractivity contribution in [3.8, 4) is 11.5 Å². The first-order valence-corrected chi connectivity index (χ1v) is 7.96. The zero-order valence-corrected chi connectivity index (χ0v) is 14.4. The van der Waals surface area contributed by atoms with E-state index in [0.717, 1.165) is 16.6 Å². The van der Waals surface area contributed by atoms with Crippen molar-refractivity contribution in [2.75, 3.05) is 13.2 Å². The zero-order valence-electron chi connectivity index (χ0n) is 12.8. The Morgan fingerprint density at radius 3 is 2.57 bits per heavy atom. The maximum atomic E-state index is 9.77. The third kappa shape index (κ3) is 6.65. The number of halogens is 1. The Bertz CT molecular complexity index is 427. The van der Waals surface area contributed by atoms with Gasteiger partial charge in [-0.1, -0.05) is 0 Å². The van der Waals surface area contributed by atoms with E-state index in [9.17, 15) is 5.11 Å². The molecule has 0 bridgehead atoms. The van der Waals surface area contributed by atoms with Crippen LogP contribution in [0.2, 0.25) is 0 Å². The van der Waals surface area contributed by atoms with E-state index in [4.69, 9.17) is 15.2 Å². The highest BCUT2D eigenvalue weighted by Crippen LogP contribution is 2.30. The molecule has 0 aliphatic rings. The fourth-order valence-corrected chi connectivity index (χ4v) is 2.13. The molecular weight excluding hydrogens is 336 g/mol. The maximum absolute atomic E-state index is 9.77. The van der Waals surface area contributed by atoms with Gasteiger partial charge in [-0.05, 0) is 67.9 Å². The lowest BCUT2D eigenvalue weighted by Crippen LogP contribution is -2.46. The van der Waals surface area contributed by atoms with E-state index in [1.165, 1.54) is 0 Å². The van der Waals surface area contributed by atoms with E-state index < -0.39 is 12.3 Å². The van der Waals surface area contributed by atoms with Crippen molar-refractivity contribution in [2.45, 2.75) is 45.6 Å². The van der Waals surface area contributed by atoms with Crippen molar-refractivity contribution >= 4 is 15.9 Å². The third-order valence-electron chi connectivity index (χ3n) is 2.71. The Morgan fingerprint density at radius 1 is 1.33 bits per heavy atom. The van der Waals surface area contributed by atoms with Gasteiger partial charge in [0.1, 0.15) is 17.6 Å². The number of nitrogens with two attached hydrogens (primary N) is 1. The molecule has 0 spiro atoms. The molecule has 0 radical (unpaired) electrons. The molecule has 0 saturated carbocycles. The Hall–Kier alpha value is -0.820. The summed E-state index contributed by atoms with van der Waals surface area (Å²) in [5.41, 5.74) is 5.43. The molecule has 2 unspecified atom stereocenters. The summed E-state index contributed by atoms with van der Waals surface area (Å²) in [4.78, 5) is 0. The summed E-state index contributed by atoms with van der Waals surface area (Å²) in [6.07, 6.45) is -0.275. The van der Waals surface area contributed by atoms with Crippen LogP contribution >= 0.6 is 15.9 Å². The highest BCUT2D eigenvalue weighted by atomic mass is 79.9. The van der Waals surface area contributed by atoms with Crippen molar-refractivity contribution in [3.05, 3.63) is 22.7 Å². The van der Waals surface area contributed by atoms with Crippen LogP contribution in [0.3, 0.4) is 0 Å². The molecule has 0 aromatic heterocycles. The molecule has 0 heterocycles. The molecule has 5 nitrogen and oxygen atoms in total. The molecule has 6 heteroatoms. The van der Waals surface area contributed by atoms with Crippen LogP contribution < -0.4 is 20.5 Å². The molecular formula is C15H25BrN2O3. The molecule has 21 heavy (non-hydrogen) atoms. The number of ether oxygens (including phenoxy) is 2. The maximum Gasteiger partial charge on any atom is 0.176 e. The third-order valence-corrected chi connectivity index (χ3v) is 3.33. The van der Waals surface area contributed by atoms with Gasteiger partial charge in [0.15, 0.2) is 6.23 Å². The van der Waals surface area contributed by atoms with Crippen molar-refractivity contribution in [2.24, 2.45) is 5.73 Å². The number of rotatable bonds is 9. The smallest absolute Gasteiger partial charge is 0.176 e. The molecule has 0 aliphatic carbocycles. The van der Waals surface area contributed by atoms with Gasteiger partial charge in [0, 0.05) is 6.04 Å². The van der Waals surface area contributed by atoms with Crippen LogP contribution in [0, 0.1) is 0 Å². The standard InChI is InChI=1S/C15H25BrN2O3/c1-10(2)18-15(11(3)19)21-14-6-5-12(9-13(14)16)20-8-4-7-17/h5-6,9-11,15,18-19H,4,7-8,17H2,1-3H3. The second-order valence-electron chi connectivity index (χ2n) is 5.18. The molecule has 2 atom stereocenters. The average Bonchev–Trinajstić information content (AvgIpc) is 2.40. The zero-order chi connectivity index (χ0) is 15.8. The minimum atomic E-state index is -0.625. The van der Waals surface area contributed by atoms with Gasteiger partial charge in [-0.25, -0.2) is 0 Å². The summed E-state index contributed by atoms with van der Waals surface area (Å²) in [5.74, 6) is 1.41. The number of hydrogen-bond acceptors (Lipinski definition) is 5. The van der Waals surface area contributed by atoms with Crippen molar-refractivity contribution in [1.82, 2.24) is 5.32 Å². The summed E-state index contributed by atoms with van der Waals surface area (Å²) < 4.78 is 12.2. The summed E-state index contributed by atoms with van der Waals surface area (Å²) in [7, 11) is 0. The second kappa shape index (κ2) is 9.25. The van der Waals surface area contributed by atoms with Gasteiger partial charge in [-0.2, -0.15) is 0 Å². The molecule has 0 fully saturated rings. The molecule has 120 valence electrons. The number of aliphatic hydroxyl groups excluding tert-OH is 1. The summed E-state index contributed by atoms with van der Waals surface area (Å²) in [6.45, 7) is 6.90. The second-order valence-corrected chi connectivity index (χ2v) is 6.04. The first kappa shape index (κ1) is 18.2. The van der Waals surface area contributed by atoms with E-state index in [1.807, 2.05) is 32.0 Å². The number of nitrogens with one attached hydrogen (secondary N) is 1. The number of benzene rings is 1. The van der Waals surface area contributed by atoms with E-state index in [2.05, 4.69) is 21.2 Å². The van der Waals surface area contributed by atoms with Crippen LogP contribution in [0.4, 0.5) is 0 Å². The fraction of sp³-hybridized carbons (Fsp3) is 0.600. The lowest BCUT2D eigenvalue weighted by atomic mass is 10.3. The van der Waals surface area contributed by atoms with E-state index in [0.29, 0.717) is 18.9 Å². The van der Waals surface area contributed by atoms with Gasteiger partial charge in [-0.15, -0.1) is 0 Å². The highest BCUT2D eigenvalue weighted by molar-refractivity contribution is 9.10. The lowest BCUT2D eigenvalue weighted by molar-refractivity contribution is 0.0213. The SMILES string of the molecule is CC(C)NC(Oc1ccc(OCCCN)cc1Br)C(C)O. The van der Waals surface area contributed by atoms with Crippen molar-refractivity contribution in [1.29, 1.82) is 0 Å². The quantitative estimate of drug-likeness (QED) is 0.465. The topological polar surface area (TPSA) is 76.7 Å². The van der Waals surface area contributed by atoms with Gasteiger partial charge < -0.3 is 20.3 Å². The molecule has 0 amide bonds. The number of aliphatic hydroxyl groups is 1. The van der Waals surface area contributed by atoms with Crippen LogP contribution in [-0.4, -0.2) is 36.6 Å². The minimum Gasteiger partial charge on any atom is -0.494 e. The molecule has 1 rings (SSSR count). The minimum absolute atomic E-state index is 0.210. The monoisotopic (exact) mass is 360 g/mol. The first-order chi connectivity index (χ1) is 9.93. The average molecular weight is 361 g/mol. The summed E-state index contributed by atoms with van der Waals surface area (Å²) in [5, 5.41) is 12.9.